The van der Waals surface area contributed by atoms with Gasteiger partial charge in [0.2, 0.25) is 0 Å². The van der Waals surface area contributed by atoms with Gasteiger partial charge < -0.3 is 4.90 Å². The summed E-state index contributed by atoms with van der Waals surface area (Å²) >= 11 is 0. The van der Waals surface area contributed by atoms with Crippen molar-refractivity contribution in [2.75, 3.05) is 4.90 Å². The van der Waals surface area contributed by atoms with Gasteiger partial charge in [-0.1, -0.05) is 203 Å². The lowest BCUT2D eigenvalue weighted by Gasteiger charge is -2.33. The molecule has 290 valence electrons. The number of fused-ring (bicyclic) bond motifs is 3. The van der Waals surface area contributed by atoms with Crippen LogP contribution in [-0.2, 0) is 11.8 Å². The summed E-state index contributed by atoms with van der Waals surface area (Å²) in [6.45, 7) is 7.10. The molecule has 0 aliphatic heterocycles. The first-order valence-corrected chi connectivity index (χ1v) is 21.5. The van der Waals surface area contributed by atoms with Crippen LogP contribution in [0.3, 0.4) is 0 Å². The van der Waals surface area contributed by atoms with Gasteiger partial charge in [-0.3, -0.25) is 0 Å². The van der Waals surface area contributed by atoms with Crippen molar-refractivity contribution in [3.63, 3.8) is 0 Å². The van der Waals surface area contributed by atoms with E-state index >= 15 is 0 Å². The molecular weight excluding hydrogens is 723 g/mol. The van der Waals surface area contributed by atoms with Crippen LogP contribution >= 0.6 is 0 Å². The number of aryl methyl sites for hydroxylation is 1. The second-order valence-electron chi connectivity index (χ2n) is 16.7. The minimum absolute atomic E-state index is 0.164. The molecule has 0 spiro atoms. The van der Waals surface area contributed by atoms with Crippen LogP contribution in [0, 0.1) is 0 Å². The third-order valence-electron chi connectivity index (χ3n) is 12.7. The summed E-state index contributed by atoms with van der Waals surface area (Å²) in [5, 5.41) is 0. The Kier molecular flexibility index (Phi) is 9.74. The van der Waals surface area contributed by atoms with Gasteiger partial charge in [-0.2, -0.15) is 0 Å². The number of nitrogens with zero attached hydrogens (tertiary/aromatic N) is 1. The monoisotopic (exact) mass is 771 g/mol. The van der Waals surface area contributed by atoms with E-state index in [1.165, 1.54) is 89.1 Å². The van der Waals surface area contributed by atoms with E-state index in [1.807, 2.05) is 0 Å². The topological polar surface area (TPSA) is 3.24 Å². The van der Waals surface area contributed by atoms with Crippen molar-refractivity contribution in [3.8, 4) is 55.6 Å². The molecule has 0 saturated heterocycles. The van der Waals surface area contributed by atoms with Crippen LogP contribution in [-0.4, -0.2) is 0 Å². The van der Waals surface area contributed by atoms with Crippen molar-refractivity contribution in [2.24, 2.45) is 0 Å². The molecule has 10 rings (SSSR count). The molecule has 8 aromatic rings. The zero-order chi connectivity index (χ0) is 40.6. The fourth-order valence-electron chi connectivity index (χ4n) is 9.49. The molecule has 0 bridgehead atoms. The molecule has 2 aliphatic rings. The van der Waals surface area contributed by atoms with Gasteiger partial charge >= 0.3 is 0 Å². The van der Waals surface area contributed by atoms with E-state index in [4.69, 9.17) is 0 Å². The van der Waals surface area contributed by atoms with Crippen molar-refractivity contribution in [2.45, 2.75) is 45.4 Å². The summed E-state index contributed by atoms with van der Waals surface area (Å²) in [6.07, 6.45) is 10.0. The summed E-state index contributed by atoms with van der Waals surface area (Å²) in [6, 6.07) is 69.7. The number of anilines is 3. The molecule has 60 heavy (non-hydrogen) atoms. The van der Waals surface area contributed by atoms with Crippen molar-refractivity contribution in [1.82, 2.24) is 0 Å². The van der Waals surface area contributed by atoms with Gasteiger partial charge in [0.25, 0.3) is 0 Å². The first-order chi connectivity index (χ1) is 29.5. The van der Waals surface area contributed by atoms with Crippen LogP contribution in [0.25, 0.3) is 61.2 Å². The molecule has 1 nitrogen and oxygen atoms in total. The maximum absolute atomic E-state index is 2.54. The van der Waals surface area contributed by atoms with Crippen molar-refractivity contribution >= 4 is 22.6 Å². The largest absolute Gasteiger partial charge is 0.309 e. The van der Waals surface area contributed by atoms with Gasteiger partial charge in [0.1, 0.15) is 0 Å². The highest BCUT2D eigenvalue weighted by Gasteiger charge is 2.40. The molecule has 8 aromatic carbocycles. The summed E-state index contributed by atoms with van der Waals surface area (Å²) in [5.41, 5.74) is 22.4. The van der Waals surface area contributed by atoms with Crippen LogP contribution in [0.15, 0.2) is 206 Å². The van der Waals surface area contributed by atoms with Crippen molar-refractivity contribution in [3.05, 3.63) is 229 Å². The molecular formula is C59H49N. The number of hydrogen-bond donors (Lipinski definition) is 0. The Bertz CT molecular complexity index is 2860. The van der Waals surface area contributed by atoms with Gasteiger partial charge in [-0.15, -0.1) is 0 Å². The van der Waals surface area contributed by atoms with E-state index in [1.54, 1.807) is 0 Å². The maximum atomic E-state index is 2.54. The molecule has 0 saturated carbocycles. The van der Waals surface area contributed by atoms with Crippen LogP contribution in [0.5, 0.6) is 0 Å². The normalized spacial score (nSPS) is 13.7. The molecule has 0 unspecified atom stereocenters. The van der Waals surface area contributed by atoms with Gasteiger partial charge in [-0.05, 0) is 116 Å². The summed E-state index contributed by atoms with van der Waals surface area (Å²) in [4.78, 5) is 2.54. The van der Waals surface area contributed by atoms with E-state index < -0.39 is 0 Å². The fourth-order valence-corrected chi connectivity index (χ4v) is 9.49. The standard InChI is InChI=1S/C59H49N/c1-4-41-40-55-57(53-22-14-15-23-54(53)59(55,2)3)58(56(41)50-30-28-46(29-31-50)43-18-10-6-11-19-43)60(51-36-32-48(33-37-51)44-20-12-7-13-21-44)52-38-34-49(35-39-52)47-26-24-45(25-27-47)42-16-8-5-9-17-42/h6-8,10-40H,4-5,9H2,1-3H3. The highest BCUT2D eigenvalue weighted by Crippen LogP contribution is 2.58. The van der Waals surface area contributed by atoms with Crippen molar-refractivity contribution in [1.29, 1.82) is 0 Å². The van der Waals surface area contributed by atoms with Crippen LogP contribution in [0.2, 0.25) is 0 Å². The highest BCUT2D eigenvalue weighted by atomic mass is 15.1. The van der Waals surface area contributed by atoms with Gasteiger partial charge in [-0.25, -0.2) is 0 Å². The number of benzene rings is 8. The van der Waals surface area contributed by atoms with E-state index in [2.05, 4.69) is 232 Å². The first kappa shape index (κ1) is 37.3. The predicted molar refractivity (Wildman–Crippen MR) is 256 cm³/mol. The Morgan fingerprint density at radius 1 is 0.450 bits per heavy atom. The molecule has 1 heteroatoms. The lowest BCUT2D eigenvalue weighted by atomic mass is 9.80. The second-order valence-corrected chi connectivity index (χ2v) is 16.7. The van der Waals surface area contributed by atoms with E-state index in [0.29, 0.717) is 0 Å². The molecule has 0 amide bonds. The SMILES string of the molecule is CCc1cc2c(c(N(c3ccc(-c4ccccc4)cc3)c3ccc(-c4ccc(C5=CCCC=C5)cc4)cc3)c1-c1ccc(-c3ccccc3)cc1)-c1ccccc1C2(C)C. The number of rotatable bonds is 9. The summed E-state index contributed by atoms with van der Waals surface area (Å²) < 4.78 is 0. The fraction of sp³-hybridized carbons (Fsp3) is 0.119. The third kappa shape index (κ3) is 6.71. The van der Waals surface area contributed by atoms with Gasteiger partial charge in [0.15, 0.2) is 0 Å². The minimum Gasteiger partial charge on any atom is -0.309 e. The Morgan fingerprint density at radius 3 is 1.43 bits per heavy atom. The van der Waals surface area contributed by atoms with Crippen molar-refractivity contribution < 1.29 is 0 Å². The molecule has 0 fully saturated rings. The van der Waals surface area contributed by atoms with Crippen LogP contribution < -0.4 is 4.90 Å². The van der Waals surface area contributed by atoms with E-state index in [9.17, 15) is 0 Å². The Morgan fingerprint density at radius 2 is 0.917 bits per heavy atom. The minimum atomic E-state index is -0.164. The first-order valence-electron chi connectivity index (χ1n) is 21.5. The lowest BCUT2D eigenvalue weighted by Crippen LogP contribution is -2.18. The van der Waals surface area contributed by atoms with E-state index in [0.717, 1.165) is 30.6 Å². The van der Waals surface area contributed by atoms with Crippen LogP contribution in [0.1, 0.15) is 55.9 Å². The number of allylic oxidation sites excluding steroid dienone is 4. The smallest absolute Gasteiger partial charge is 0.0624 e. The molecule has 0 aromatic heterocycles. The Hall–Kier alpha value is -6.96. The van der Waals surface area contributed by atoms with Crippen LogP contribution in [0.4, 0.5) is 17.1 Å². The highest BCUT2D eigenvalue weighted by molar-refractivity contribution is 6.03. The average molecular weight is 772 g/mol. The number of hydrogen-bond acceptors (Lipinski definition) is 1. The zero-order valence-electron chi connectivity index (χ0n) is 34.7. The Labute approximate surface area is 355 Å². The molecule has 0 atom stereocenters. The average Bonchev–Trinajstić information content (AvgIpc) is 3.55. The zero-order valence-corrected chi connectivity index (χ0v) is 34.7. The quantitative estimate of drug-likeness (QED) is 0.141. The summed E-state index contributed by atoms with van der Waals surface area (Å²) in [7, 11) is 0. The molecule has 2 aliphatic carbocycles. The second kappa shape index (κ2) is 15.7. The Balaban J connectivity index is 1.19. The van der Waals surface area contributed by atoms with Gasteiger partial charge in [0.05, 0.1) is 5.69 Å². The van der Waals surface area contributed by atoms with Gasteiger partial charge in [0, 0.05) is 27.9 Å². The molecule has 0 heterocycles. The predicted octanol–water partition coefficient (Wildman–Crippen LogP) is 16.4. The summed E-state index contributed by atoms with van der Waals surface area (Å²) in [5.74, 6) is 0. The lowest BCUT2D eigenvalue weighted by molar-refractivity contribution is 0.659. The molecule has 0 radical (unpaired) electrons. The maximum Gasteiger partial charge on any atom is 0.0624 e. The van der Waals surface area contributed by atoms with E-state index in [-0.39, 0.29) is 5.41 Å². The third-order valence-corrected chi connectivity index (χ3v) is 12.7. The molecule has 0 N–H and O–H groups in total.